The summed E-state index contributed by atoms with van der Waals surface area (Å²) in [6, 6.07) is 9.43. The zero-order chi connectivity index (χ0) is 13.8. The maximum absolute atomic E-state index is 3.93. The van der Waals surface area contributed by atoms with Crippen LogP contribution >= 0.6 is 0 Å². The zero-order valence-electron chi connectivity index (χ0n) is 12.4. The molecule has 2 nitrogen and oxygen atoms in total. The third-order valence-electron chi connectivity index (χ3n) is 4.87. The maximum Gasteiger partial charge on any atom is 0.0415 e. The number of nitrogens with one attached hydrogen (secondary N) is 1. The van der Waals surface area contributed by atoms with E-state index in [4.69, 9.17) is 0 Å². The van der Waals surface area contributed by atoms with Gasteiger partial charge >= 0.3 is 0 Å². The van der Waals surface area contributed by atoms with Crippen molar-refractivity contribution in [2.75, 3.05) is 18.0 Å². The van der Waals surface area contributed by atoms with Crippen LogP contribution in [0.5, 0.6) is 0 Å². The standard InChI is InChI=1S/C18H26N2/c1-2-12-20-14-17(15-8-4-3-5-9-15)19-13-16-10-6-7-11-18(16)20/h2,6-7,10-11,15,17,19H,1,3-5,8-9,12-14H2. The highest BCUT2D eigenvalue weighted by Crippen LogP contribution is 2.30. The van der Waals surface area contributed by atoms with Crippen molar-refractivity contribution in [3.8, 4) is 0 Å². The molecule has 1 fully saturated rings. The highest BCUT2D eigenvalue weighted by atomic mass is 15.2. The van der Waals surface area contributed by atoms with Crippen molar-refractivity contribution in [2.45, 2.75) is 44.7 Å². The second-order valence-electron chi connectivity index (χ2n) is 6.21. The lowest BCUT2D eigenvalue weighted by atomic mass is 9.83. The summed E-state index contributed by atoms with van der Waals surface area (Å²) in [4.78, 5) is 2.50. The zero-order valence-corrected chi connectivity index (χ0v) is 12.4. The van der Waals surface area contributed by atoms with Gasteiger partial charge in [0.05, 0.1) is 0 Å². The van der Waals surface area contributed by atoms with Gasteiger partial charge in [-0.2, -0.15) is 0 Å². The van der Waals surface area contributed by atoms with E-state index in [9.17, 15) is 0 Å². The maximum atomic E-state index is 3.93. The van der Waals surface area contributed by atoms with E-state index in [2.05, 4.69) is 41.1 Å². The van der Waals surface area contributed by atoms with E-state index in [1.54, 1.807) is 0 Å². The minimum Gasteiger partial charge on any atom is -0.366 e. The first kappa shape index (κ1) is 13.7. The molecule has 1 atom stereocenters. The van der Waals surface area contributed by atoms with E-state index >= 15 is 0 Å². The molecule has 1 unspecified atom stereocenters. The molecule has 1 saturated carbocycles. The molecule has 0 aromatic heterocycles. The van der Waals surface area contributed by atoms with Gasteiger partial charge in [0.15, 0.2) is 0 Å². The van der Waals surface area contributed by atoms with E-state index in [0.717, 1.165) is 25.6 Å². The van der Waals surface area contributed by atoms with Gasteiger partial charge in [0.25, 0.3) is 0 Å². The van der Waals surface area contributed by atoms with Crippen LogP contribution in [-0.2, 0) is 6.54 Å². The fraction of sp³-hybridized carbons (Fsp3) is 0.556. The van der Waals surface area contributed by atoms with E-state index in [-0.39, 0.29) is 0 Å². The number of hydrogen-bond donors (Lipinski definition) is 1. The molecule has 108 valence electrons. The van der Waals surface area contributed by atoms with Crippen molar-refractivity contribution in [2.24, 2.45) is 5.92 Å². The Labute approximate surface area is 122 Å². The molecular formula is C18H26N2. The highest BCUT2D eigenvalue weighted by Gasteiger charge is 2.28. The normalized spacial score (nSPS) is 24.0. The Morgan fingerprint density at radius 1 is 1.20 bits per heavy atom. The van der Waals surface area contributed by atoms with Crippen LogP contribution in [0.2, 0.25) is 0 Å². The number of nitrogens with zero attached hydrogens (tertiary/aromatic N) is 1. The topological polar surface area (TPSA) is 15.3 Å². The monoisotopic (exact) mass is 270 g/mol. The van der Waals surface area contributed by atoms with Crippen LogP contribution in [0.15, 0.2) is 36.9 Å². The molecule has 0 amide bonds. The quantitative estimate of drug-likeness (QED) is 0.842. The van der Waals surface area contributed by atoms with Gasteiger partial charge < -0.3 is 10.2 Å². The van der Waals surface area contributed by atoms with Crippen LogP contribution in [0.3, 0.4) is 0 Å². The van der Waals surface area contributed by atoms with E-state index in [0.29, 0.717) is 6.04 Å². The van der Waals surface area contributed by atoms with Gasteiger partial charge in [-0.1, -0.05) is 43.5 Å². The van der Waals surface area contributed by atoms with Gasteiger partial charge in [-0.15, -0.1) is 6.58 Å². The summed E-state index contributed by atoms with van der Waals surface area (Å²) in [5.74, 6) is 0.852. The van der Waals surface area contributed by atoms with Gasteiger partial charge in [0, 0.05) is 31.4 Å². The number of rotatable bonds is 3. The molecule has 20 heavy (non-hydrogen) atoms. The third kappa shape index (κ3) is 2.90. The SMILES string of the molecule is C=CCN1CC(C2CCCCC2)NCc2ccccc21. The molecule has 0 spiro atoms. The molecule has 2 aliphatic rings. The second-order valence-corrected chi connectivity index (χ2v) is 6.21. The van der Waals surface area contributed by atoms with Crippen LogP contribution in [0, 0.1) is 5.92 Å². The van der Waals surface area contributed by atoms with Crippen molar-refractivity contribution < 1.29 is 0 Å². The summed E-state index contributed by atoms with van der Waals surface area (Å²) in [7, 11) is 0. The number of hydrogen-bond acceptors (Lipinski definition) is 2. The average molecular weight is 270 g/mol. The molecule has 0 saturated heterocycles. The van der Waals surface area contributed by atoms with E-state index in [1.807, 2.05) is 6.08 Å². The molecule has 2 heteroatoms. The lowest BCUT2D eigenvalue weighted by Crippen LogP contribution is -2.44. The van der Waals surface area contributed by atoms with Crippen LogP contribution in [0.1, 0.15) is 37.7 Å². The molecule has 3 rings (SSSR count). The van der Waals surface area contributed by atoms with Crippen molar-refractivity contribution >= 4 is 5.69 Å². The molecule has 1 N–H and O–H groups in total. The highest BCUT2D eigenvalue weighted by molar-refractivity contribution is 5.55. The van der Waals surface area contributed by atoms with Crippen LogP contribution in [-0.4, -0.2) is 19.1 Å². The number of fused-ring (bicyclic) bond motifs is 1. The molecule has 1 aliphatic heterocycles. The summed E-state index contributed by atoms with van der Waals surface area (Å²) in [6.45, 7) is 7.00. The second kappa shape index (κ2) is 6.45. The molecule has 1 aliphatic carbocycles. The predicted molar refractivity (Wildman–Crippen MR) is 86.1 cm³/mol. The van der Waals surface area contributed by atoms with Gasteiger partial charge in [0.1, 0.15) is 0 Å². The van der Waals surface area contributed by atoms with Crippen molar-refractivity contribution in [1.29, 1.82) is 0 Å². The Bertz CT molecular complexity index is 448. The molecule has 1 aromatic rings. The van der Waals surface area contributed by atoms with Gasteiger partial charge in [-0.05, 0) is 30.4 Å². The van der Waals surface area contributed by atoms with Gasteiger partial charge in [-0.3, -0.25) is 0 Å². The lowest BCUT2D eigenvalue weighted by molar-refractivity contribution is 0.272. The van der Waals surface area contributed by atoms with Crippen LogP contribution < -0.4 is 10.2 Å². The first-order valence-electron chi connectivity index (χ1n) is 8.05. The summed E-state index contributed by atoms with van der Waals surface area (Å²) in [5, 5.41) is 3.82. The number of anilines is 1. The van der Waals surface area contributed by atoms with E-state index < -0.39 is 0 Å². The Morgan fingerprint density at radius 3 is 2.80 bits per heavy atom. The first-order chi connectivity index (χ1) is 9.88. The average Bonchev–Trinajstić information content (AvgIpc) is 2.69. The summed E-state index contributed by atoms with van der Waals surface area (Å²) < 4.78 is 0. The number of para-hydroxylation sites is 1. The fourth-order valence-corrected chi connectivity index (χ4v) is 3.79. The Hall–Kier alpha value is -1.28. The van der Waals surface area contributed by atoms with Crippen molar-refractivity contribution in [3.63, 3.8) is 0 Å². The van der Waals surface area contributed by atoms with Crippen molar-refractivity contribution in [3.05, 3.63) is 42.5 Å². The summed E-state index contributed by atoms with van der Waals surface area (Å²) in [5.41, 5.74) is 2.81. The van der Waals surface area contributed by atoms with Crippen molar-refractivity contribution in [1.82, 2.24) is 5.32 Å². The molecule has 1 aromatic carbocycles. The summed E-state index contributed by atoms with van der Waals surface area (Å²) >= 11 is 0. The molecule has 0 radical (unpaired) electrons. The van der Waals surface area contributed by atoms with Gasteiger partial charge in [-0.25, -0.2) is 0 Å². The van der Waals surface area contributed by atoms with Gasteiger partial charge in [0.2, 0.25) is 0 Å². The van der Waals surface area contributed by atoms with Crippen LogP contribution in [0.25, 0.3) is 0 Å². The lowest BCUT2D eigenvalue weighted by Gasteiger charge is -2.33. The fourth-order valence-electron chi connectivity index (χ4n) is 3.79. The van der Waals surface area contributed by atoms with Crippen LogP contribution in [0.4, 0.5) is 5.69 Å². The Kier molecular flexibility index (Phi) is 4.41. The number of benzene rings is 1. The Morgan fingerprint density at radius 2 is 2.00 bits per heavy atom. The molecular weight excluding hydrogens is 244 g/mol. The predicted octanol–water partition coefficient (Wildman–Crippen LogP) is 3.73. The smallest absolute Gasteiger partial charge is 0.0415 e. The third-order valence-corrected chi connectivity index (χ3v) is 4.87. The molecule has 1 heterocycles. The largest absolute Gasteiger partial charge is 0.366 e. The molecule has 0 bridgehead atoms. The van der Waals surface area contributed by atoms with E-state index in [1.165, 1.54) is 43.4 Å². The summed E-state index contributed by atoms with van der Waals surface area (Å²) in [6.07, 6.45) is 9.08. The minimum atomic E-state index is 0.627. The minimum absolute atomic E-state index is 0.627. The first-order valence-corrected chi connectivity index (χ1v) is 8.05. The Balaban J connectivity index is 1.80.